The minimum atomic E-state index is -0.390. The van der Waals surface area contributed by atoms with Crippen LogP contribution < -0.4 is 15.0 Å². The molecule has 0 atom stereocenters. The number of benzene rings is 2. The molecule has 1 saturated carbocycles. The lowest BCUT2D eigenvalue weighted by Crippen LogP contribution is -2.44. The number of fused-ring (bicyclic) bond motifs is 1. The van der Waals surface area contributed by atoms with Crippen LogP contribution in [-0.2, 0) is 16.0 Å². The monoisotopic (exact) mass is 550 g/mol. The van der Waals surface area contributed by atoms with Crippen LogP contribution in [0.3, 0.4) is 0 Å². The highest BCUT2D eigenvalue weighted by Crippen LogP contribution is 2.39. The predicted molar refractivity (Wildman–Crippen MR) is 153 cm³/mol. The second-order valence-electron chi connectivity index (χ2n) is 11.1. The first-order chi connectivity index (χ1) is 19.4. The standard InChI is InChI=1S/C31H39FN4O4/c1-21(2)33-30(37)23-5-10-26(11-6-23)36-28-20-27(40-18-15-35-13-16-39-17-14-35)12-7-24(28)19-29(36)34-31(38)22-3-8-25(32)9-4-22/h3-4,7-9,12,20-21,23,26H,5-6,10-11,13-19H2,1-2H3,(H,33,37). The first-order valence-corrected chi connectivity index (χ1v) is 14.4. The molecule has 40 heavy (non-hydrogen) atoms. The number of halogens is 1. The molecule has 0 radical (unpaired) electrons. The fourth-order valence-electron chi connectivity index (χ4n) is 5.79. The molecule has 5 rings (SSSR count). The van der Waals surface area contributed by atoms with Crippen LogP contribution >= 0.6 is 0 Å². The Balaban J connectivity index is 1.34. The van der Waals surface area contributed by atoms with Crippen LogP contribution in [0.5, 0.6) is 5.75 Å². The normalized spacial score (nSPS) is 22.4. The Morgan fingerprint density at radius 2 is 1.80 bits per heavy atom. The van der Waals surface area contributed by atoms with Crippen molar-refractivity contribution in [1.82, 2.24) is 10.2 Å². The number of carbonyl (C=O) groups is 2. The van der Waals surface area contributed by atoms with Gasteiger partial charge in [0.1, 0.15) is 24.0 Å². The van der Waals surface area contributed by atoms with Crippen molar-refractivity contribution in [2.75, 3.05) is 44.4 Å². The third-order valence-electron chi connectivity index (χ3n) is 7.91. The summed E-state index contributed by atoms with van der Waals surface area (Å²) in [6, 6.07) is 11.8. The largest absolute Gasteiger partial charge is 0.492 e. The third kappa shape index (κ3) is 6.88. The lowest BCUT2D eigenvalue weighted by Gasteiger charge is -2.36. The van der Waals surface area contributed by atoms with E-state index >= 15 is 0 Å². The number of amides is 2. The van der Waals surface area contributed by atoms with Gasteiger partial charge in [-0.2, -0.15) is 4.99 Å². The van der Waals surface area contributed by atoms with Crippen molar-refractivity contribution in [3.8, 4) is 5.75 Å². The summed E-state index contributed by atoms with van der Waals surface area (Å²) in [4.78, 5) is 34.8. The molecule has 1 N–H and O–H groups in total. The number of morpholine rings is 1. The molecular formula is C31H39FN4O4. The number of hydrogen-bond donors (Lipinski definition) is 1. The molecule has 0 bridgehead atoms. The number of ether oxygens (including phenoxy) is 2. The maximum Gasteiger partial charge on any atom is 0.278 e. The van der Waals surface area contributed by atoms with Crippen molar-refractivity contribution in [2.45, 2.75) is 58.0 Å². The van der Waals surface area contributed by atoms with Crippen molar-refractivity contribution in [3.63, 3.8) is 0 Å². The number of nitrogens with one attached hydrogen (secondary N) is 1. The Morgan fingerprint density at radius 3 is 2.50 bits per heavy atom. The number of carbonyl (C=O) groups excluding carboxylic acids is 2. The van der Waals surface area contributed by atoms with Crippen LogP contribution in [0.2, 0.25) is 0 Å². The first kappa shape index (κ1) is 28.2. The predicted octanol–water partition coefficient (Wildman–Crippen LogP) is 4.22. The van der Waals surface area contributed by atoms with Crippen LogP contribution in [0.25, 0.3) is 0 Å². The van der Waals surface area contributed by atoms with Crippen molar-refractivity contribution in [2.24, 2.45) is 10.9 Å². The van der Waals surface area contributed by atoms with Gasteiger partial charge in [-0.1, -0.05) is 6.07 Å². The first-order valence-electron chi connectivity index (χ1n) is 14.4. The summed E-state index contributed by atoms with van der Waals surface area (Å²) in [7, 11) is 0. The molecule has 8 nitrogen and oxygen atoms in total. The maximum atomic E-state index is 13.4. The van der Waals surface area contributed by atoms with Gasteiger partial charge in [0, 0.05) is 61.4 Å². The van der Waals surface area contributed by atoms with Crippen LogP contribution in [0, 0.1) is 11.7 Å². The summed E-state index contributed by atoms with van der Waals surface area (Å²) in [5.41, 5.74) is 2.45. The molecular weight excluding hydrogens is 511 g/mol. The molecule has 9 heteroatoms. The Bertz CT molecular complexity index is 1220. The molecule has 2 fully saturated rings. The summed E-state index contributed by atoms with van der Waals surface area (Å²) < 4.78 is 25.0. The molecule has 0 aromatic heterocycles. The van der Waals surface area contributed by atoms with Crippen molar-refractivity contribution < 1.29 is 23.5 Å². The maximum absolute atomic E-state index is 13.4. The van der Waals surface area contributed by atoms with Crippen molar-refractivity contribution >= 4 is 23.3 Å². The Hall–Kier alpha value is -3.30. The van der Waals surface area contributed by atoms with Crippen molar-refractivity contribution in [3.05, 3.63) is 59.4 Å². The summed E-state index contributed by atoms with van der Waals surface area (Å²) >= 11 is 0. The molecule has 1 aliphatic carbocycles. The second kappa shape index (κ2) is 12.9. The van der Waals surface area contributed by atoms with Gasteiger partial charge in [0.25, 0.3) is 5.91 Å². The van der Waals surface area contributed by atoms with E-state index in [4.69, 9.17) is 9.47 Å². The lowest BCUT2D eigenvalue weighted by atomic mass is 9.84. The number of anilines is 1. The zero-order valence-electron chi connectivity index (χ0n) is 23.4. The van der Waals surface area contributed by atoms with E-state index < -0.39 is 5.82 Å². The third-order valence-corrected chi connectivity index (χ3v) is 7.91. The lowest BCUT2D eigenvalue weighted by molar-refractivity contribution is -0.126. The van der Waals surface area contributed by atoms with Gasteiger partial charge in [0.05, 0.1) is 13.2 Å². The summed E-state index contributed by atoms with van der Waals surface area (Å²) in [6.07, 6.45) is 3.74. The molecule has 2 amide bonds. The average molecular weight is 551 g/mol. The van der Waals surface area contributed by atoms with Gasteiger partial charge >= 0.3 is 0 Å². The van der Waals surface area contributed by atoms with E-state index in [1.807, 2.05) is 19.9 Å². The molecule has 3 aliphatic rings. The molecule has 2 aliphatic heterocycles. The molecule has 0 unspecified atom stereocenters. The van der Waals surface area contributed by atoms with Crippen LogP contribution in [0.1, 0.15) is 55.5 Å². The fraction of sp³-hybridized carbons (Fsp3) is 0.516. The SMILES string of the molecule is CC(C)NC(=O)C1CCC(N2C(=NC(=O)c3ccc(F)cc3)Cc3ccc(OCCN4CCOCC4)cc32)CC1. The van der Waals surface area contributed by atoms with E-state index in [0.29, 0.717) is 24.4 Å². The highest BCUT2D eigenvalue weighted by atomic mass is 19.1. The van der Waals surface area contributed by atoms with E-state index in [0.717, 1.165) is 75.5 Å². The van der Waals surface area contributed by atoms with Crippen LogP contribution in [0.4, 0.5) is 10.1 Å². The minimum absolute atomic E-state index is 0.00295. The second-order valence-corrected chi connectivity index (χ2v) is 11.1. The number of amidine groups is 1. The quantitative estimate of drug-likeness (QED) is 0.530. The molecule has 214 valence electrons. The zero-order valence-corrected chi connectivity index (χ0v) is 23.4. The molecule has 0 spiro atoms. The van der Waals surface area contributed by atoms with Crippen LogP contribution in [-0.4, -0.2) is 74.1 Å². The summed E-state index contributed by atoms with van der Waals surface area (Å²) in [6.45, 7) is 8.73. The van der Waals surface area contributed by atoms with Gasteiger partial charge < -0.3 is 19.7 Å². The molecule has 1 saturated heterocycles. The molecule has 2 heterocycles. The Morgan fingerprint density at radius 1 is 1.07 bits per heavy atom. The highest BCUT2D eigenvalue weighted by molar-refractivity contribution is 6.12. The number of nitrogens with zero attached hydrogens (tertiary/aromatic N) is 3. The number of rotatable bonds is 8. The Kier molecular flexibility index (Phi) is 9.11. The van der Waals surface area contributed by atoms with Gasteiger partial charge in [-0.3, -0.25) is 14.5 Å². The fourth-order valence-corrected chi connectivity index (χ4v) is 5.79. The Labute approximate surface area is 235 Å². The van der Waals surface area contributed by atoms with E-state index in [2.05, 4.69) is 32.2 Å². The van der Waals surface area contributed by atoms with Gasteiger partial charge in [-0.05, 0) is 75.4 Å². The highest BCUT2D eigenvalue weighted by Gasteiger charge is 2.36. The minimum Gasteiger partial charge on any atom is -0.492 e. The van der Waals surface area contributed by atoms with Crippen molar-refractivity contribution in [1.29, 1.82) is 0 Å². The van der Waals surface area contributed by atoms with Gasteiger partial charge in [0.2, 0.25) is 5.91 Å². The van der Waals surface area contributed by atoms with E-state index in [1.54, 1.807) is 0 Å². The zero-order chi connectivity index (χ0) is 28.1. The summed E-state index contributed by atoms with van der Waals surface area (Å²) in [5, 5.41) is 3.05. The van der Waals surface area contributed by atoms with Gasteiger partial charge in [0.15, 0.2) is 0 Å². The van der Waals surface area contributed by atoms with Crippen LogP contribution in [0.15, 0.2) is 47.5 Å². The molecule has 2 aromatic carbocycles. The summed E-state index contributed by atoms with van der Waals surface area (Å²) in [5.74, 6) is 0.805. The van der Waals surface area contributed by atoms with E-state index in [1.165, 1.54) is 24.3 Å². The number of aliphatic imine (C=N–C) groups is 1. The van der Waals surface area contributed by atoms with Gasteiger partial charge in [-0.25, -0.2) is 4.39 Å². The number of hydrogen-bond acceptors (Lipinski definition) is 5. The van der Waals surface area contributed by atoms with Gasteiger partial charge in [-0.15, -0.1) is 0 Å². The van der Waals surface area contributed by atoms with E-state index in [-0.39, 0.29) is 29.8 Å². The molecule has 2 aromatic rings. The topological polar surface area (TPSA) is 83.5 Å². The smallest absolute Gasteiger partial charge is 0.278 e. The average Bonchev–Trinajstić information content (AvgIpc) is 3.30. The van der Waals surface area contributed by atoms with E-state index in [9.17, 15) is 14.0 Å².